The maximum Gasteiger partial charge on any atom is 0.0719 e. The monoisotopic (exact) mass is 229 g/mol. The van der Waals surface area contributed by atoms with Gasteiger partial charge in [-0.2, -0.15) is 0 Å². The van der Waals surface area contributed by atoms with Gasteiger partial charge in [0.25, 0.3) is 0 Å². The summed E-state index contributed by atoms with van der Waals surface area (Å²) in [5, 5.41) is 0. The minimum Gasteiger partial charge on any atom is -0.378 e. The summed E-state index contributed by atoms with van der Waals surface area (Å²) >= 11 is 0. The molecule has 1 rings (SSSR count). The lowest BCUT2D eigenvalue weighted by Crippen LogP contribution is -2.26. The van der Waals surface area contributed by atoms with Gasteiger partial charge < -0.3 is 15.2 Å². The third-order valence-electron chi connectivity index (χ3n) is 3.26. The molecule has 0 spiro atoms. The van der Waals surface area contributed by atoms with Gasteiger partial charge >= 0.3 is 0 Å². The highest BCUT2D eigenvalue weighted by atomic mass is 16.5. The average Bonchev–Trinajstić information content (AvgIpc) is 2.56. The molecular weight excluding hydrogens is 202 g/mol. The zero-order valence-corrected chi connectivity index (χ0v) is 10.6. The molecule has 1 aliphatic carbocycles. The van der Waals surface area contributed by atoms with Gasteiger partial charge in [-0.3, -0.25) is 0 Å². The largest absolute Gasteiger partial charge is 0.378 e. The maximum atomic E-state index is 5.91. The Hall–Kier alpha value is -0.120. The Balaban J connectivity index is 2.08. The number of nitrogens with two attached hydrogens (primary N) is 1. The summed E-state index contributed by atoms with van der Waals surface area (Å²) in [6.45, 7) is 4.15. The molecule has 0 aromatic carbocycles. The lowest BCUT2D eigenvalue weighted by atomic mass is 10.1. The van der Waals surface area contributed by atoms with E-state index < -0.39 is 0 Å². The Morgan fingerprint density at radius 1 is 1.19 bits per heavy atom. The van der Waals surface area contributed by atoms with E-state index in [0.29, 0.717) is 12.6 Å². The van der Waals surface area contributed by atoms with Crippen LogP contribution in [0.3, 0.4) is 0 Å². The number of hydrogen-bond acceptors (Lipinski definition) is 3. The summed E-state index contributed by atoms with van der Waals surface area (Å²) in [5.74, 6) is 0. The maximum absolute atomic E-state index is 5.91. The van der Waals surface area contributed by atoms with Gasteiger partial charge in [0.15, 0.2) is 0 Å². The lowest BCUT2D eigenvalue weighted by molar-refractivity contribution is 0.000943. The molecule has 2 N–H and O–H groups in total. The first-order valence-electron chi connectivity index (χ1n) is 6.80. The van der Waals surface area contributed by atoms with E-state index in [1.165, 1.54) is 38.5 Å². The Labute approximate surface area is 99.7 Å². The van der Waals surface area contributed by atoms with E-state index in [-0.39, 0.29) is 6.10 Å². The fourth-order valence-electron chi connectivity index (χ4n) is 2.28. The van der Waals surface area contributed by atoms with E-state index in [4.69, 9.17) is 15.2 Å². The van der Waals surface area contributed by atoms with Crippen molar-refractivity contribution >= 4 is 0 Å². The second-order valence-electron chi connectivity index (χ2n) is 4.59. The highest BCUT2D eigenvalue weighted by Gasteiger charge is 2.13. The van der Waals surface area contributed by atoms with E-state index in [9.17, 15) is 0 Å². The average molecular weight is 229 g/mol. The van der Waals surface area contributed by atoms with Crippen LogP contribution in [-0.4, -0.2) is 32.0 Å². The predicted octanol–water partition coefficient (Wildman–Crippen LogP) is 2.48. The van der Waals surface area contributed by atoms with Gasteiger partial charge in [0.2, 0.25) is 0 Å². The zero-order valence-electron chi connectivity index (χ0n) is 10.6. The van der Waals surface area contributed by atoms with Gasteiger partial charge in [-0.1, -0.05) is 25.7 Å². The van der Waals surface area contributed by atoms with Crippen molar-refractivity contribution in [2.75, 3.05) is 19.8 Å². The van der Waals surface area contributed by atoms with Crippen LogP contribution in [0.2, 0.25) is 0 Å². The molecule has 0 aromatic heterocycles. The minimum absolute atomic E-state index is 0.177. The first kappa shape index (κ1) is 13.9. The molecule has 1 saturated carbocycles. The first-order chi connectivity index (χ1) is 7.86. The molecule has 1 fully saturated rings. The van der Waals surface area contributed by atoms with Crippen LogP contribution in [0.4, 0.5) is 0 Å². The summed E-state index contributed by atoms with van der Waals surface area (Å²) in [5.41, 5.74) is 5.62. The van der Waals surface area contributed by atoms with Crippen LogP contribution in [0, 0.1) is 0 Å². The molecule has 3 nitrogen and oxygen atoms in total. The molecule has 0 saturated heterocycles. The first-order valence-corrected chi connectivity index (χ1v) is 6.80. The molecule has 96 valence electrons. The minimum atomic E-state index is 0.177. The summed E-state index contributed by atoms with van der Waals surface area (Å²) in [6.07, 6.45) is 9.49. The summed E-state index contributed by atoms with van der Waals surface area (Å²) < 4.78 is 11.4. The number of rotatable bonds is 7. The van der Waals surface area contributed by atoms with Crippen molar-refractivity contribution in [3.05, 3.63) is 0 Å². The Bertz CT molecular complexity index is 156. The Morgan fingerprint density at radius 3 is 2.44 bits per heavy atom. The van der Waals surface area contributed by atoms with Gasteiger partial charge in [-0.05, 0) is 26.2 Å². The quantitative estimate of drug-likeness (QED) is 0.682. The summed E-state index contributed by atoms with van der Waals surface area (Å²) in [6, 6.07) is 0. The van der Waals surface area contributed by atoms with Crippen LogP contribution >= 0.6 is 0 Å². The molecule has 0 amide bonds. The highest BCUT2D eigenvalue weighted by Crippen LogP contribution is 2.20. The Morgan fingerprint density at radius 2 is 1.88 bits per heavy atom. The SMILES string of the molecule is CCOC(CN)CCOC1CCCCCC1. The van der Waals surface area contributed by atoms with E-state index in [2.05, 4.69) is 0 Å². The van der Waals surface area contributed by atoms with E-state index in [0.717, 1.165) is 19.6 Å². The van der Waals surface area contributed by atoms with E-state index in [1.54, 1.807) is 0 Å². The van der Waals surface area contributed by atoms with Crippen molar-refractivity contribution in [1.82, 2.24) is 0 Å². The van der Waals surface area contributed by atoms with Crippen LogP contribution in [-0.2, 0) is 9.47 Å². The molecule has 1 atom stereocenters. The van der Waals surface area contributed by atoms with Crippen molar-refractivity contribution in [3.8, 4) is 0 Å². The molecule has 16 heavy (non-hydrogen) atoms. The lowest BCUT2D eigenvalue weighted by Gasteiger charge is -2.18. The molecule has 1 aliphatic rings. The van der Waals surface area contributed by atoms with Crippen molar-refractivity contribution in [2.45, 2.75) is 64.1 Å². The predicted molar refractivity (Wildman–Crippen MR) is 66.5 cm³/mol. The topological polar surface area (TPSA) is 44.5 Å². The van der Waals surface area contributed by atoms with E-state index in [1.807, 2.05) is 6.92 Å². The highest BCUT2D eigenvalue weighted by molar-refractivity contribution is 4.65. The third kappa shape index (κ3) is 5.83. The Kier molecular flexibility index (Phi) is 7.81. The fraction of sp³-hybridized carbons (Fsp3) is 1.00. The molecule has 1 unspecified atom stereocenters. The van der Waals surface area contributed by atoms with Crippen molar-refractivity contribution in [2.24, 2.45) is 5.73 Å². The number of ether oxygens (including phenoxy) is 2. The molecular formula is C13H27NO2. The molecule has 0 aromatic rings. The van der Waals surface area contributed by atoms with Crippen LogP contribution in [0.1, 0.15) is 51.9 Å². The number of hydrogen-bond donors (Lipinski definition) is 1. The van der Waals surface area contributed by atoms with Gasteiger partial charge in [0.05, 0.1) is 12.2 Å². The molecule has 0 heterocycles. The van der Waals surface area contributed by atoms with Crippen LogP contribution in [0.25, 0.3) is 0 Å². The van der Waals surface area contributed by atoms with Crippen molar-refractivity contribution in [3.63, 3.8) is 0 Å². The second-order valence-corrected chi connectivity index (χ2v) is 4.59. The summed E-state index contributed by atoms with van der Waals surface area (Å²) in [7, 11) is 0. The second kappa shape index (κ2) is 8.97. The van der Waals surface area contributed by atoms with Gasteiger partial charge in [-0.25, -0.2) is 0 Å². The van der Waals surface area contributed by atoms with Crippen LogP contribution < -0.4 is 5.73 Å². The fourth-order valence-corrected chi connectivity index (χ4v) is 2.28. The van der Waals surface area contributed by atoms with Gasteiger partial charge in [0, 0.05) is 19.8 Å². The normalized spacial score (nSPS) is 20.6. The van der Waals surface area contributed by atoms with Gasteiger partial charge in [-0.15, -0.1) is 0 Å². The van der Waals surface area contributed by atoms with Crippen molar-refractivity contribution in [1.29, 1.82) is 0 Å². The van der Waals surface area contributed by atoms with Crippen LogP contribution in [0.5, 0.6) is 0 Å². The van der Waals surface area contributed by atoms with Crippen LogP contribution in [0.15, 0.2) is 0 Å². The van der Waals surface area contributed by atoms with E-state index >= 15 is 0 Å². The summed E-state index contributed by atoms with van der Waals surface area (Å²) in [4.78, 5) is 0. The van der Waals surface area contributed by atoms with Gasteiger partial charge in [0.1, 0.15) is 0 Å². The molecule has 0 aliphatic heterocycles. The molecule has 3 heteroatoms. The standard InChI is InChI=1S/C13H27NO2/c1-2-15-13(11-14)9-10-16-12-7-5-3-4-6-8-12/h12-13H,2-11,14H2,1H3. The molecule has 0 bridgehead atoms. The third-order valence-corrected chi connectivity index (χ3v) is 3.26. The smallest absolute Gasteiger partial charge is 0.0719 e. The molecule has 0 radical (unpaired) electrons. The van der Waals surface area contributed by atoms with Crippen molar-refractivity contribution < 1.29 is 9.47 Å². The zero-order chi connectivity index (χ0) is 11.6.